The Labute approximate surface area is 121 Å². The molecule has 0 unspecified atom stereocenters. The highest BCUT2D eigenvalue weighted by atomic mass is 16.5. The number of aryl methyl sites for hydroxylation is 1. The zero-order chi connectivity index (χ0) is 14.4. The molecule has 0 atom stereocenters. The first kappa shape index (κ1) is 14.6. The molecule has 0 amide bonds. The van der Waals surface area contributed by atoms with Crippen LogP contribution in [0, 0.1) is 0 Å². The normalized spacial score (nSPS) is 10.8. The average Bonchev–Trinajstić information content (AvgIpc) is 2.47. The van der Waals surface area contributed by atoms with Crippen molar-refractivity contribution in [3.63, 3.8) is 0 Å². The predicted octanol–water partition coefficient (Wildman–Crippen LogP) is 4.54. The van der Waals surface area contributed by atoms with Crippen molar-refractivity contribution in [1.82, 2.24) is 5.32 Å². The maximum absolute atomic E-state index is 6.00. The van der Waals surface area contributed by atoms with E-state index in [4.69, 9.17) is 4.74 Å². The van der Waals surface area contributed by atoms with E-state index in [9.17, 15) is 0 Å². The van der Waals surface area contributed by atoms with E-state index in [1.54, 1.807) is 0 Å². The molecule has 0 aliphatic rings. The van der Waals surface area contributed by atoms with E-state index in [2.05, 4.69) is 44.3 Å². The molecule has 0 heterocycles. The monoisotopic (exact) mass is 269 g/mol. The van der Waals surface area contributed by atoms with Gasteiger partial charge in [-0.3, -0.25) is 0 Å². The fourth-order valence-electron chi connectivity index (χ4n) is 1.98. The molecule has 0 saturated carbocycles. The van der Waals surface area contributed by atoms with Crippen LogP contribution >= 0.6 is 0 Å². The molecule has 0 aliphatic heterocycles. The van der Waals surface area contributed by atoms with E-state index in [0.717, 1.165) is 24.5 Å². The van der Waals surface area contributed by atoms with Crippen LogP contribution in [0.25, 0.3) is 0 Å². The fourth-order valence-corrected chi connectivity index (χ4v) is 1.98. The molecule has 2 nitrogen and oxygen atoms in total. The Balaban J connectivity index is 2.11. The molecule has 20 heavy (non-hydrogen) atoms. The van der Waals surface area contributed by atoms with Gasteiger partial charge in [0.1, 0.15) is 11.5 Å². The van der Waals surface area contributed by atoms with Gasteiger partial charge in [0.25, 0.3) is 0 Å². The van der Waals surface area contributed by atoms with Crippen molar-refractivity contribution in [2.24, 2.45) is 0 Å². The first-order chi connectivity index (χ1) is 9.69. The largest absolute Gasteiger partial charge is 0.457 e. The number of hydrogen-bond donors (Lipinski definition) is 1. The van der Waals surface area contributed by atoms with Gasteiger partial charge in [0.15, 0.2) is 0 Å². The summed E-state index contributed by atoms with van der Waals surface area (Å²) in [7, 11) is 0. The molecule has 1 N–H and O–H groups in total. The third-order valence-electron chi connectivity index (χ3n) is 3.23. The Morgan fingerprint density at radius 3 is 2.35 bits per heavy atom. The lowest BCUT2D eigenvalue weighted by atomic mass is 10.1. The van der Waals surface area contributed by atoms with E-state index in [1.807, 2.05) is 30.3 Å². The number of benzene rings is 2. The first-order valence-corrected chi connectivity index (χ1v) is 7.27. The standard InChI is InChI=1S/C18H23NO/c1-4-15-9-11-17(12-10-15)20-18-8-6-5-7-16(18)13-19-14(2)3/h5-12,14,19H,4,13H2,1-3H3. The third kappa shape index (κ3) is 4.10. The minimum absolute atomic E-state index is 0.465. The molecular formula is C18H23NO. The van der Waals surface area contributed by atoms with E-state index < -0.39 is 0 Å². The number of rotatable bonds is 6. The molecule has 2 rings (SSSR count). The van der Waals surface area contributed by atoms with Gasteiger partial charge in [0, 0.05) is 18.2 Å². The van der Waals surface area contributed by atoms with Crippen LogP contribution < -0.4 is 10.1 Å². The summed E-state index contributed by atoms with van der Waals surface area (Å²) in [4.78, 5) is 0. The van der Waals surface area contributed by atoms with Gasteiger partial charge in [-0.1, -0.05) is 51.1 Å². The molecule has 2 heteroatoms. The zero-order valence-electron chi connectivity index (χ0n) is 12.5. The number of para-hydroxylation sites is 1. The van der Waals surface area contributed by atoms with Gasteiger partial charge >= 0.3 is 0 Å². The lowest BCUT2D eigenvalue weighted by Gasteiger charge is -2.13. The van der Waals surface area contributed by atoms with Gasteiger partial charge in [-0.05, 0) is 30.2 Å². The average molecular weight is 269 g/mol. The molecule has 0 aromatic heterocycles. The predicted molar refractivity (Wildman–Crippen MR) is 84.3 cm³/mol. The third-order valence-corrected chi connectivity index (χ3v) is 3.23. The molecular weight excluding hydrogens is 246 g/mol. The van der Waals surface area contributed by atoms with Gasteiger partial charge in [0.05, 0.1) is 0 Å². The van der Waals surface area contributed by atoms with Crippen molar-refractivity contribution in [3.05, 3.63) is 59.7 Å². The van der Waals surface area contributed by atoms with Crippen molar-refractivity contribution < 1.29 is 4.74 Å². The van der Waals surface area contributed by atoms with Crippen LogP contribution in [0.15, 0.2) is 48.5 Å². The van der Waals surface area contributed by atoms with Crippen LogP contribution in [0.2, 0.25) is 0 Å². The minimum Gasteiger partial charge on any atom is -0.457 e. The summed E-state index contributed by atoms with van der Waals surface area (Å²) in [5, 5.41) is 3.43. The highest BCUT2D eigenvalue weighted by molar-refractivity contribution is 5.38. The second-order valence-corrected chi connectivity index (χ2v) is 5.24. The summed E-state index contributed by atoms with van der Waals surface area (Å²) in [5.41, 5.74) is 2.51. The lowest BCUT2D eigenvalue weighted by molar-refractivity contribution is 0.469. The van der Waals surface area contributed by atoms with Crippen LogP contribution in [-0.4, -0.2) is 6.04 Å². The molecule has 0 radical (unpaired) electrons. The molecule has 0 bridgehead atoms. The second-order valence-electron chi connectivity index (χ2n) is 5.24. The topological polar surface area (TPSA) is 21.3 Å². The maximum atomic E-state index is 6.00. The fraction of sp³-hybridized carbons (Fsp3) is 0.333. The van der Waals surface area contributed by atoms with Crippen molar-refractivity contribution >= 4 is 0 Å². The quantitative estimate of drug-likeness (QED) is 0.831. The van der Waals surface area contributed by atoms with E-state index in [1.165, 1.54) is 11.1 Å². The summed E-state index contributed by atoms with van der Waals surface area (Å²) < 4.78 is 6.00. The number of hydrogen-bond acceptors (Lipinski definition) is 2. The Morgan fingerprint density at radius 2 is 1.70 bits per heavy atom. The van der Waals surface area contributed by atoms with Gasteiger partial charge in [0.2, 0.25) is 0 Å². The Hall–Kier alpha value is -1.80. The molecule has 2 aromatic rings. The van der Waals surface area contributed by atoms with Crippen LogP contribution in [-0.2, 0) is 13.0 Å². The van der Waals surface area contributed by atoms with Gasteiger partial charge < -0.3 is 10.1 Å². The van der Waals surface area contributed by atoms with E-state index >= 15 is 0 Å². The summed E-state index contributed by atoms with van der Waals surface area (Å²) in [5.74, 6) is 1.81. The van der Waals surface area contributed by atoms with Crippen molar-refractivity contribution in [2.45, 2.75) is 39.8 Å². The Bertz CT molecular complexity index is 531. The number of ether oxygens (including phenoxy) is 1. The summed E-state index contributed by atoms with van der Waals surface area (Å²) >= 11 is 0. The first-order valence-electron chi connectivity index (χ1n) is 7.27. The lowest BCUT2D eigenvalue weighted by Crippen LogP contribution is -2.22. The number of nitrogens with one attached hydrogen (secondary N) is 1. The SMILES string of the molecule is CCc1ccc(Oc2ccccc2CNC(C)C)cc1. The highest BCUT2D eigenvalue weighted by Crippen LogP contribution is 2.25. The maximum Gasteiger partial charge on any atom is 0.131 e. The molecule has 0 aliphatic carbocycles. The molecule has 0 saturated heterocycles. The zero-order valence-corrected chi connectivity index (χ0v) is 12.5. The second kappa shape index (κ2) is 7.11. The van der Waals surface area contributed by atoms with Gasteiger partial charge in [-0.25, -0.2) is 0 Å². The highest BCUT2D eigenvalue weighted by Gasteiger charge is 2.05. The minimum atomic E-state index is 0.465. The van der Waals surface area contributed by atoms with Crippen LogP contribution in [0.4, 0.5) is 0 Å². The molecule has 2 aromatic carbocycles. The molecule has 106 valence electrons. The summed E-state index contributed by atoms with van der Waals surface area (Å²) in [6.07, 6.45) is 1.05. The van der Waals surface area contributed by atoms with Crippen LogP contribution in [0.3, 0.4) is 0 Å². The van der Waals surface area contributed by atoms with Gasteiger partial charge in [-0.15, -0.1) is 0 Å². The van der Waals surface area contributed by atoms with Crippen molar-refractivity contribution in [2.75, 3.05) is 0 Å². The van der Waals surface area contributed by atoms with Crippen LogP contribution in [0.5, 0.6) is 11.5 Å². The summed E-state index contributed by atoms with van der Waals surface area (Å²) in [6.45, 7) is 7.27. The van der Waals surface area contributed by atoms with Crippen LogP contribution in [0.1, 0.15) is 31.9 Å². The molecule has 0 spiro atoms. The van der Waals surface area contributed by atoms with Gasteiger partial charge in [-0.2, -0.15) is 0 Å². The van der Waals surface area contributed by atoms with E-state index in [-0.39, 0.29) is 0 Å². The van der Waals surface area contributed by atoms with Crippen molar-refractivity contribution in [3.8, 4) is 11.5 Å². The Morgan fingerprint density at radius 1 is 1.00 bits per heavy atom. The van der Waals surface area contributed by atoms with E-state index in [0.29, 0.717) is 6.04 Å². The van der Waals surface area contributed by atoms with Crippen molar-refractivity contribution in [1.29, 1.82) is 0 Å². The smallest absolute Gasteiger partial charge is 0.131 e. The molecule has 0 fully saturated rings. The summed E-state index contributed by atoms with van der Waals surface area (Å²) in [6, 6.07) is 16.9. The Kier molecular flexibility index (Phi) is 5.19.